The van der Waals surface area contributed by atoms with Gasteiger partial charge in [0.25, 0.3) is 5.91 Å². The van der Waals surface area contributed by atoms with E-state index < -0.39 is 12.2 Å². The highest BCUT2D eigenvalue weighted by Gasteiger charge is 2.36. The number of nitrogens with zero attached hydrogens (tertiary/aromatic N) is 2. The van der Waals surface area contributed by atoms with Crippen LogP contribution in [-0.4, -0.2) is 23.0 Å². The van der Waals surface area contributed by atoms with Crippen molar-refractivity contribution in [2.24, 2.45) is 0 Å². The molecule has 4 rings (SSSR count). The molecule has 2 atom stereocenters. The Hall–Kier alpha value is -2.14. The molecule has 0 fully saturated rings. The van der Waals surface area contributed by atoms with Crippen LogP contribution in [0.1, 0.15) is 36.5 Å². The van der Waals surface area contributed by atoms with E-state index in [-0.39, 0.29) is 12.3 Å². The molecule has 0 N–H and O–H groups in total. The smallest absolute Gasteiger partial charge is 0.257 e. The topological polar surface area (TPSA) is 53.3 Å². The molecule has 0 aliphatic carbocycles. The van der Waals surface area contributed by atoms with E-state index in [0.29, 0.717) is 11.6 Å². The highest BCUT2D eigenvalue weighted by Crippen LogP contribution is 2.42. The minimum absolute atomic E-state index is 0.00457. The molecule has 3 aromatic carbocycles. The number of amides is 1. The lowest BCUT2D eigenvalue weighted by Gasteiger charge is -2.24. The van der Waals surface area contributed by atoms with Crippen LogP contribution in [0.15, 0.2) is 60.7 Å². The predicted molar refractivity (Wildman–Crippen MR) is 133 cm³/mol. The number of rotatable bonds is 6. The summed E-state index contributed by atoms with van der Waals surface area (Å²) in [6.07, 6.45) is 0.569. The molecule has 0 radical (unpaired) electrons. The summed E-state index contributed by atoms with van der Waals surface area (Å²) in [6, 6.07) is 21.9. The Bertz CT molecular complexity index is 1140. The molecule has 1 aliphatic heterocycles. The van der Waals surface area contributed by atoms with E-state index in [0.717, 1.165) is 44.9 Å². The summed E-state index contributed by atoms with van der Waals surface area (Å²) in [5, 5.41) is 12.1. The van der Waals surface area contributed by atoms with Crippen molar-refractivity contribution in [3.05, 3.63) is 76.8 Å². The third-order valence-corrected chi connectivity index (χ3v) is 6.55. The van der Waals surface area contributed by atoms with E-state index in [9.17, 15) is 10.1 Å². The van der Waals surface area contributed by atoms with Crippen LogP contribution in [-0.2, 0) is 9.53 Å². The maximum Gasteiger partial charge on any atom is 0.257 e. The van der Waals surface area contributed by atoms with Crippen molar-refractivity contribution in [2.45, 2.75) is 31.5 Å². The highest BCUT2D eigenvalue weighted by atomic mass is 127. The lowest BCUT2D eigenvalue weighted by Crippen LogP contribution is -2.39. The molecular formula is C25H22ClIN2O2. The van der Waals surface area contributed by atoms with Gasteiger partial charge in [0.1, 0.15) is 6.10 Å². The minimum atomic E-state index is -0.834. The van der Waals surface area contributed by atoms with Gasteiger partial charge in [-0.05, 0) is 51.8 Å². The van der Waals surface area contributed by atoms with E-state index in [1.807, 2.05) is 42.5 Å². The Labute approximate surface area is 200 Å². The number of unbranched alkanes of at least 4 members (excludes halogenated alkanes) is 1. The quantitative estimate of drug-likeness (QED) is 0.204. The number of carbonyl (C=O) groups is 1. The average molecular weight is 545 g/mol. The van der Waals surface area contributed by atoms with E-state index in [4.69, 9.17) is 16.3 Å². The number of nitriles is 1. The van der Waals surface area contributed by atoms with Crippen molar-refractivity contribution < 1.29 is 9.53 Å². The second kappa shape index (κ2) is 9.99. The van der Waals surface area contributed by atoms with Gasteiger partial charge < -0.3 is 9.64 Å². The zero-order valence-corrected chi connectivity index (χ0v) is 19.8. The minimum Gasteiger partial charge on any atom is -0.355 e. The monoisotopic (exact) mass is 544 g/mol. The largest absolute Gasteiger partial charge is 0.355 e. The van der Waals surface area contributed by atoms with Crippen molar-refractivity contribution in [2.75, 3.05) is 15.9 Å². The van der Waals surface area contributed by atoms with Crippen molar-refractivity contribution in [1.29, 1.82) is 5.26 Å². The fourth-order valence-corrected chi connectivity index (χ4v) is 4.82. The fourth-order valence-electron chi connectivity index (χ4n) is 4.10. The number of fused-ring (bicyclic) bond motifs is 2. The number of carbonyl (C=O) groups excluding carboxylic acids is 1. The second-order valence-corrected chi connectivity index (χ2v) is 9.04. The number of anilines is 1. The van der Waals surface area contributed by atoms with Gasteiger partial charge in [-0.15, -0.1) is 0 Å². The van der Waals surface area contributed by atoms with E-state index in [2.05, 4.69) is 46.9 Å². The van der Waals surface area contributed by atoms with Gasteiger partial charge in [0.05, 0.1) is 12.5 Å². The van der Waals surface area contributed by atoms with Crippen LogP contribution in [0.3, 0.4) is 0 Å². The first-order valence-corrected chi connectivity index (χ1v) is 12.2. The Morgan fingerprint density at radius 1 is 1.06 bits per heavy atom. The van der Waals surface area contributed by atoms with Gasteiger partial charge in [-0.1, -0.05) is 76.7 Å². The summed E-state index contributed by atoms with van der Waals surface area (Å²) in [7, 11) is 0. The van der Waals surface area contributed by atoms with E-state index in [1.165, 1.54) is 0 Å². The molecule has 0 saturated heterocycles. The highest BCUT2D eigenvalue weighted by molar-refractivity contribution is 14.1. The number of alkyl halides is 1. The molecule has 31 heavy (non-hydrogen) atoms. The lowest BCUT2D eigenvalue weighted by atomic mass is 9.94. The molecule has 1 aliphatic rings. The number of benzene rings is 3. The maximum atomic E-state index is 13.4. The standard InChI is InChI=1S/C25H22ClIN2O2/c26-18-10-11-22-21(16-18)24(20-9-5-7-17-6-1-2-8-19(17)20)31-23(12-14-28)25(30)29(22)15-4-3-13-27/h1-2,5-11,16,23-24H,3-4,12-13,15H2. The average Bonchev–Trinajstić information content (AvgIpc) is 2.89. The normalized spacial score (nSPS) is 18.5. The molecule has 6 heteroatoms. The summed E-state index contributed by atoms with van der Waals surface area (Å²) in [5.74, 6) is -0.165. The second-order valence-electron chi connectivity index (χ2n) is 7.52. The number of ether oxygens (including phenoxy) is 1. The van der Waals surface area contributed by atoms with Gasteiger partial charge >= 0.3 is 0 Å². The van der Waals surface area contributed by atoms with Crippen LogP contribution < -0.4 is 4.90 Å². The molecular weight excluding hydrogens is 523 g/mol. The van der Waals surface area contributed by atoms with Crippen LogP contribution in [0.2, 0.25) is 5.02 Å². The Kier molecular flexibility index (Phi) is 7.11. The fraction of sp³-hybridized carbons (Fsp3) is 0.280. The van der Waals surface area contributed by atoms with E-state index >= 15 is 0 Å². The Morgan fingerprint density at radius 2 is 1.87 bits per heavy atom. The zero-order valence-electron chi connectivity index (χ0n) is 16.9. The molecule has 2 unspecified atom stereocenters. The molecule has 0 spiro atoms. The van der Waals surface area contributed by atoms with Gasteiger partial charge in [-0.3, -0.25) is 4.79 Å². The van der Waals surface area contributed by atoms with Crippen LogP contribution in [0.25, 0.3) is 10.8 Å². The molecule has 0 aromatic heterocycles. The third kappa shape index (κ3) is 4.57. The van der Waals surface area contributed by atoms with E-state index in [1.54, 1.807) is 4.90 Å². The van der Waals surface area contributed by atoms with Crippen molar-refractivity contribution >= 4 is 56.6 Å². The Balaban J connectivity index is 1.89. The molecule has 0 saturated carbocycles. The lowest BCUT2D eigenvalue weighted by molar-refractivity contribution is -0.131. The molecule has 4 nitrogen and oxygen atoms in total. The van der Waals surface area contributed by atoms with Gasteiger partial charge in [-0.2, -0.15) is 5.26 Å². The first kappa shape index (κ1) is 22.1. The maximum absolute atomic E-state index is 13.4. The van der Waals surface area contributed by atoms with Crippen LogP contribution in [0.5, 0.6) is 0 Å². The first-order valence-electron chi connectivity index (χ1n) is 10.3. The van der Waals surface area contributed by atoms with Gasteiger partial charge in [-0.25, -0.2) is 0 Å². The summed E-state index contributed by atoms with van der Waals surface area (Å²) in [4.78, 5) is 15.2. The molecule has 1 heterocycles. The van der Waals surface area contributed by atoms with Crippen molar-refractivity contribution in [3.63, 3.8) is 0 Å². The first-order chi connectivity index (χ1) is 15.1. The zero-order chi connectivity index (χ0) is 21.8. The molecule has 158 valence electrons. The third-order valence-electron chi connectivity index (χ3n) is 5.55. The SMILES string of the molecule is N#CCC1OC(c2cccc3ccccc23)c2cc(Cl)ccc2N(CCCCI)C1=O. The van der Waals surface area contributed by atoms with Crippen LogP contribution >= 0.6 is 34.2 Å². The van der Waals surface area contributed by atoms with Gasteiger partial charge in [0.15, 0.2) is 6.10 Å². The summed E-state index contributed by atoms with van der Waals surface area (Å²) in [5.41, 5.74) is 2.62. The van der Waals surface area contributed by atoms with Crippen LogP contribution in [0, 0.1) is 11.3 Å². The molecule has 0 bridgehead atoms. The van der Waals surface area contributed by atoms with Gasteiger partial charge in [0.2, 0.25) is 0 Å². The van der Waals surface area contributed by atoms with Crippen molar-refractivity contribution in [1.82, 2.24) is 0 Å². The number of hydrogen-bond acceptors (Lipinski definition) is 3. The number of hydrogen-bond donors (Lipinski definition) is 0. The van der Waals surface area contributed by atoms with Crippen LogP contribution in [0.4, 0.5) is 5.69 Å². The molecule has 3 aromatic rings. The summed E-state index contributed by atoms with van der Waals surface area (Å²) in [6.45, 7) is 0.587. The predicted octanol–water partition coefficient (Wildman–Crippen LogP) is 6.44. The van der Waals surface area contributed by atoms with Gasteiger partial charge in [0, 0.05) is 22.8 Å². The number of halogens is 2. The summed E-state index contributed by atoms with van der Waals surface area (Å²) >= 11 is 8.74. The summed E-state index contributed by atoms with van der Waals surface area (Å²) < 4.78 is 7.43. The molecule has 1 amide bonds. The Morgan fingerprint density at radius 3 is 2.68 bits per heavy atom. The van der Waals surface area contributed by atoms with Crippen molar-refractivity contribution in [3.8, 4) is 6.07 Å².